The van der Waals surface area contributed by atoms with Gasteiger partial charge in [-0.05, 0) is 36.2 Å². The molecule has 0 saturated heterocycles. The molecule has 2 atom stereocenters. The Bertz CT molecular complexity index is 906. The molecule has 2 aromatic carbocycles. The highest BCUT2D eigenvalue weighted by molar-refractivity contribution is 6.35. The van der Waals surface area contributed by atoms with Crippen molar-refractivity contribution in [3.63, 3.8) is 0 Å². The number of anilines is 1. The van der Waals surface area contributed by atoms with Gasteiger partial charge in [0.05, 0.1) is 19.6 Å². The number of carbonyl (C=O) groups excluding carboxylic acids is 2. The highest BCUT2D eigenvalue weighted by atomic mass is 35.5. The summed E-state index contributed by atoms with van der Waals surface area (Å²) >= 11 is 12.5. The van der Waals surface area contributed by atoms with Crippen LogP contribution in [0.5, 0.6) is 0 Å². The second-order valence-corrected chi connectivity index (χ2v) is 7.80. The quantitative estimate of drug-likeness (QED) is 0.558. The van der Waals surface area contributed by atoms with Crippen molar-refractivity contribution in [2.45, 2.75) is 31.3 Å². The van der Waals surface area contributed by atoms with E-state index in [9.17, 15) is 9.59 Å². The minimum atomic E-state index is -0.608. The van der Waals surface area contributed by atoms with E-state index in [0.29, 0.717) is 34.3 Å². The summed E-state index contributed by atoms with van der Waals surface area (Å²) in [6, 6.07) is 10.1. The van der Waals surface area contributed by atoms with Gasteiger partial charge in [-0.2, -0.15) is 0 Å². The lowest BCUT2D eigenvalue weighted by Gasteiger charge is -2.33. The normalized spacial score (nSPS) is 17.2. The van der Waals surface area contributed by atoms with Gasteiger partial charge in [-0.3, -0.25) is 4.79 Å². The van der Waals surface area contributed by atoms with Crippen LogP contribution in [-0.4, -0.2) is 31.6 Å². The van der Waals surface area contributed by atoms with Crippen LogP contribution in [0.3, 0.4) is 0 Å². The van der Waals surface area contributed by atoms with Gasteiger partial charge < -0.3 is 21.1 Å². The Balaban J connectivity index is 0.00000320. The predicted molar refractivity (Wildman–Crippen MR) is 122 cm³/mol. The van der Waals surface area contributed by atoms with Gasteiger partial charge in [-0.25, -0.2) is 4.79 Å². The number of fused-ring (bicyclic) bond motifs is 1. The van der Waals surface area contributed by atoms with Gasteiger partial charge in [-0.15, -0.1) is 12.4 Å². The van der Waals surface area contributed by atoms with E-state index in [1.54, 1.807) is 12.1 Å². The van der Waals surface area contributed by atoms with Gasteiger partial charge in [0, 0.05) is 27.7 Å². The Morgan fingerprint density at radius 1 is 1.20 bits per heavy atom. The maximum Gasteiger partial charge on any atom is 0.328 e. The van der Waals surface area contributed by atoms with Crippen molar-refractivity contribution in [2.75, 3.05) is 19.0 Å². The van der Waals surface area contributed by atoms with Crippen LogP contribution in [0.25, 0.3) is 0 Å². The van der Waals surface area contributed by atoms with Gasteiger partial charge in [0.1, 0.15) is 6.04 Å². The summed E-state index contributed by atoms with van der Waals surface area (Å²) in [6.45, 7) is 0.584. The van der Waals surface area contributed by atoms with Crippen LogP contribution in [0.4, 0.5) is 5.69 Å². The van der Waals surface area contributed by atoms with Crippen LogP contribution < -0.4 is 16.4 Å². The maximum absolute atomic E-state index is 12.7. The van der Waals surface area contributed by atoms with Gasteiger partial charge in [0.25, 0.3) is 0 Å². The number of amides is 1. The maximum atomic E-state index is 12.7. The monoisotopic (exact) mass is 471 g/mol. The average Bonchev–Trinajstić information content (AvgIpc) is 2.68. The first-order valence-electron chi connectivity index (χ1n) is 9.31. The Kier molecular flexibility index (Phi) is 8.79. The number of esters is 1. The lowest BCUT2D eigenvalue weighted by atomic mass is 9.92. The molecule has 2 unspecified atom stereocenters. The Morgan fingerprint density at radius 2 is 1.87 bits per heavy atom. The smallest absolute Gasteiger partial charge is 0.328 e. The van der Waals surface area contributed by atoms with Crippen LogP contribution in [0, 0.1) is 0 Å². The van der Waals surface area contributed by atoms with Gasteiger partial charge >= 0.3 is 5.97 Å². The van der Waals surface area contributed by atoms with Crippen molar-refractivity contribution < 1.29 is 14.3 Å². The molecule has 4 N–H and O–H groups in total. The molecule has 30 heavy (non-hydrogen) atoms. The van der Waals surface area contributed by atoms with Crippen LogP contribution >= 0.6 is 35.6 Å². The summed E-state index contributed by atoms with van der Waals surface area (Å²) in [5.74, 6) is -0.578. The molecule has 0 aromatic heterocycles. The molecule has 1 aliphatic heterocycles. The second kappa shape index (κ2) is 10.9. The summed E-state index contributed by atoms with van der Waals surface area (Å²) in [5.41, 5.74) is 8.91. The summed E-state index contributed by atoms with van der Waals surface area (Å²) in [6.07, 6.45) is 1.34. The standard InChI is InChI=1S/C21H23Cl2N3O3.ClH/c1-29-21(28)18-11-17(20-15(23)9-14(22)10-16(20)25-18)26-19(27)8-13-4-2-12(3-5-13)6-7-24;/h2-5,9-10,17-18,25H,6-8,11,24H2,1H3,(H,26,27);1H. The van der Waals surface area contributed by atoms with Crippen LogP contribution in [0.15, 0.2) is 36.4 Å². The minimum Gasteiger partial charge on any atom is -0.467 e. The highest BCUT2D eigenvalue weighted by Gasteiger charge is 2.34. The van der Waals surface area contributed by atoms with E-state index in [-0.39, 0.29) is 24.7 Å². The fourth-order valence-electron chi connectivity index (χ4n) is 3.51. The summed E-state index contributed by atoms with van der Waals surface area (Å²) in [7, 11) is 1.33. The molecular weight excluding hydrogens is 449 g/mol. The van der Waals surface area contributed by atoms with Gasteiger partial charge in [-0.1, -0.05) is 47.5 Å². The number of ether oxygens (including phenoxy) is 1. The van der Waals surface area contributed by atoms with E-state index in [1.165, 1.54) is 7.11 Å². The largest absolute Gasteiger partial charge is 0.467 e. The number of hydrogen-bond donors (Lipinski definition) is 3. The van der Waals surface area contributed by atoms with Crippen molar-refractivity contribution in [3.05, 3.63) is 63.1 Å². The second-order valence-electron chi connectivity index (χ2n) is 6.96. The molecule has 1 heterocycles. The molecule has 0 saturated carbocycles. The summed E-state index contributed by atoms with van der Waals surface area (Å²) in [4.78, 5) is 24.8. The first-order chi connectivity index (χ1) is 13.9. The van der Waals surface area contributed by atoms with Crippen molar-refractivity contribution in [1.29, 1.82) is 0 Å². The van der Waals surface area contributed by atoms with E-state index < -0.39 is 18.1 Å². The number of halogens is 3. The number of carbonyl (C=O) groups is 2. The van der Waals surface area contributed by atoms with Crippen molar-refractivity contribution in [3.8, 4) is 0 Å². The zero-order valence-corrected chi connectivity index (χ0v) is 18.7. The van der Waals surface area contributed by atoms with E-state index in [4.69, 9.17) is 33.7 Å². The van der Waals surface area contributed by atoms with Crippen LogP contribution in [0.2, 0.25) is 10.0 Å². The number of rotatable bonds is 6. The molecule has 9 heteroatoms. The average molecular weight is 473 g/mol. The molecule has 2 aromatic rings. The van der Waals surface area contributed by atoms with Crippen molar-refractivity contribution >= 4 is 53.2 Å². The van der Waals surface area contributed by atoms with E-state index in [0.717, 1.165) is 17.5 Å². The molecule has 3 rings (SSSR count). The van der Waals surface area contributed by atoms with Crippen LogP contribution in [0.1, 0.15) is 29.2 Å². The Labute approximate surface area is 191 Å². The van der Waals surface area contributed by atoms with E-state index in [1.807, 2.05) is 24.3 Å². The third-order valence-corrected chi connectivity index (χ3v) is 5.42. The minimum absolute atomic E-state index is 0. The molecule has 162 valence electrons. The lowest BCUT2D eigenvalue weighted by Crippen LogP contribution is -2.42. The molecule has 6 nitrogen and oxygen atoms in total. The zero-order chi connectivity index (χ0) is 21.0. The summed E-state index contributed by atoms with van der Waals surface area (Å²) < 4.78 is 4.86. The number of hydrogen-bond acceptors (Lipinski definition) is 5. The fourth-order valence-corrected chi connectivity index (χ4v) is 4.13. The SMILES string of the molecule is COC(=O)C1CC(NC(=O)Cc2ccc(CCN)cc2)c2c(Cl)cc(Cl)cc2N1.Cl. The molecule has 0 radical (unpaired) electrons. The van der Waals surface area contributed by atoms with E-state index >= 15 is 0 Å². The van der Waals surface area contributed by atoms with Gasteiger partial charge in [0.2, 0.25) is 5.91 Å². The first kappa shape index (κ1) is 24.3. The fraction of sp³-hybridized carbons (Fsp3) is 0.333. The van der Waals surface area contributed by atoms with Crippen LogP contribution in [-0.2, 0) is 27.2 Å². The molecular formula is C21H24Cl3N3O3. The van der Waals surface area contributed by atoms with Crippen molar-refractivity contribution in [1.82, 2.24) is 5.32 Å². The number of nitrogens with one attached hydrogen (secondary N) is 2. The summed E-state index contributed by atoms with van der Waals surface area (Å²) in [5, 5.41) is 6.96. The van der Waals surface area contributed by atoms with E-state index in [2.05, 4.69) is 10.6 Å². The topological polar surface area (TPSA) is 93.5 Å². The molecule has 0 fully saturated rings. The molecule has 1 aliphatic rings. The third-order valence-electron chi connectivity index (χ3n) is 4.89. The highest BCUT2D eigenvalue weighted by Crippen LogP contribution is 2.40. The number of benzene rings is 2. The Morgan fingerprint density at radius 3 is 2.50 bits per heavy atom. The van der Waals surface area contributed by atoms with Gasteiger partial charge in [0.15, 0.2) is 0 Å². The third kappa shape index (κ3) is 5.79. The first-order valence-corrected chi connectivity index (χ1v) is 10.1. The number of methoxy groups -OCH3 is 1. The molecule has 0 spiro atoms. The molecule has 0 bridgehead atoms. The zero-order valence-electron chi connectivity index (χ0n) is 16.4. The molecule has 0 aliphatic carbocycles. The lowest BCUT2D eigenvalue weighted by molar-refractivity contribution is -0.142. The predicted octanol–water partition coefficient (Wildman–Crippen LogP) is 3.67. The number of nitrogens with two attached hydrogens (primary N) is 1. The molecule has 1 amide bonds. The van der Waals surface area contributed by atoms with Crippen molar-refractivity contribution in [2.24, 2.45) is 5.73 Å². The Hall–Kier alpha value is -1.99.